The van der Waals surface area contributed by atoms with Gasteiger partial charge in [-0.3, -0.25) is 9.56 Å². The molecule has 5 nitrogen and oxygen atoms in total. The van der Waals surface area contributed by atoms with Gasteiger partial charge in [-0.15, -0.1) is 11.3 Å². The summed E-state index contributed by atoms with van der Waals surface area (Å²) in [6, 6.07) is 7.08. The van der Waals surface area contributed by atoms with Crippen molar-refractivity contribution in [3.63, 3.8) is 0 Å². The minimum Gasteiger partial charge on any atom is -0.493 e. The second-order valence-corrected chi connectivity index (χ2v) is 6.68. The van der Waals surface area contributed by atoms with Gasteiger partial charge in [-0.2, -0.15) is 0 Å². The standard InChI is InChI=1S/C16H14N2O3S2/c1-9(15(20)21-2)18-14(19)13(23-16(18)22)7-10-8-17-12-6-4-3-5-11(10)12/h3-9,19H,1-2H3/b10-7+. The number of aromatic hydroxyl groups is 1. The lowest BCUT2D eigenvalue weighted by Crippen LogP contribution is -2.17. The summed E-state index contributed by atoms with van der Waals surface area (Å²) < 4.78 is 6.53. The van der Waals surface area contributed by atoms with Crippen molar-refractivity contribution >= 4 is 53.1 Å². The van der Waals surface area contributed by atoms with Crippen LogP contribution in [0, 0.1) is 3.95 Å². The van der Waals surface area contributed by atoms with E-state index in [9.17, 15) is 9.90 Å². The second-order valence-electron chi connectivity index (χ2n) is 5.00. The molecule has 0 fully saturated rings. The number of carbonyl (C=O) groups is 1. The topological polar surface area (TPSA) is 63.8 Å². The van der Waals surface area contributed by atoms with Crippen LogP contribution >= 0.6 is 23.6 Å². The van der Waals surface area contributed by atoms with Crippen LogP contribution in [0.1, 0.15) is 23.4 Å². The number of ether oxygens (including phenoxy) is 1. The third-order valence-corrected chi connectivity index (χ3v) is 4.95. The van der Waals surface area contributed by atoms with Crippen LogP contribution in [0.4, 0.5) is 5.69 Å². The van der Waals surface area contributed by atoms with E-state index in [-0.39, 0.29) is 5.88 Å². The molecular weight excluding hydrogens is 332 g/mol. The van der Waals surface area contributed by atoms with Gasteiger partial charge in [0.25, 0.3) is 0 Å². The van der Waals surface area contributed by atoms with E-state index in [1.807, 2.05) is 30.3 Å². The first-order chi connectivity index (χ1) is 11.0. The Balaban J connectivity index is 2.04. The Morgan fingerprint density at radius 2 is 2.22 bits per heavy atom. The van der Waals surface area contributed by atoms with E-state index in [1.165, 1.54) is 23.0 Å². The molecule has 1 aromatic carbocycles. The predicted octanol–water partition coefficient (Wildman–Crippen LogP) is 3.98. The number of allylic oxidation sites excluding steroid dienone is 1. The van der Waals surface area contributed by atoms with Crippen LogP contribution < -0.4 is 0 Å². The molecule has 0 radical (unpaired) electrons. The van der Waals surface area contributed by atoms with Crippen molar-refractivity contribution in [2.75, 3.05) is 7.11 Å². The maximum atomic E-state index is 11.7. The van der Waals surface area contributed by atoms with Crippen LogP contribution in [-0.2, 0) is 9.53 Å². The number of rotatable bonds is 3. The Kier molecular flexibility index (Phi) is 4.14. The van der Waals surface area contributed by atoms with Gasteiger partial charge in [0.2, 0.25) is 5.88 Å². The molecule has 1 N–H and O–H groups in total. The number of carbonyl (C=O) groups excluding carboxylic acids is 1. The molecular formula is C16H14N2O3S2. The Hall–Kier alpha value is -2.25. The first-order valence-corrected chi connectivity index (χ1v) is 8.12. The summed E-state index contributed by atoms with van der Waals surface area (Å²) in [5, 5.41) is 10.4. The van der Waals surface area contributed by atoms with Crippen LogP contribution in [0.15, 0.2) is 29.3 Å². The van der Waals surface area contributed by atoms with Crippen molar-refractivity contribution in [1.82, 2.24) is 4.57 Å². The number of methoxy groups -OCH3 is 1. The fourth-order valence-electron chi connectivity index (χ4n) is 2.40. The third-order valence-electron chi connectivity index (χ3n) is 3.62. The van der Waals surface area contributed by atoms with Crippen LogP contribution in [0.5, 0.6) is 5.88 Å². The molecule has 7 heteroatoms. The minimum atomic E-state index is -0.680. The molecule has 0 amide bonds. The molecule has 0 bridgehead atoms. The molecule has 0 spiro atoms. The smallest absolute Gasteiger partial charge is 0.328 e. The lowest BCUT2D eigenvalue weighted by atomic mass is 10.1. The second kappa shape index (κ2) is 6.10. The average molecular weight is 346 g/mol. The molecule has 1 aliphatic rings. The van der Waals surface area contributed by atoms with Gasteiger partial charge in [0.1, 0.15) is 6.04 Å². The maximum Gasteiger partial charge on any atom is 0.328 e. The highest BCUT2D eigenvalue weighted by Gasteiger charge is 2.22. The van der Waals surface area contributed by atoms with E-state index in [4.69, 9.17) is 17.0 Å². The predicted molar refractivity (Wildman–Crippen MR) is 94.0 cm³/mol. The summed E-state index contributed by atoms with van der Waals surface area (Å²) in [6.45, 7) is 1.64. The van der Waals surface area contributed by atoms with Gasteiger partial charge in [-0.05, 0) is 31.3 Å². The first kappa shape index (κ1) is 15.6. The average Bonchev–Trinajstić information content (AvgIpc) is 3.08. The molecule has 1 atom stereocenters. The Morgan fingerprint density at radius 1 is 1.48 bits per heavy atom. The van der Waals surface area contributed by atoms with Crippen LogP contribution in [0.3, 0.4) is 0 Å². The molecule has 2 aromatic rings. The quantitative estimate of drug-likeness (QED) is 0.674. The number of hydrogen-bond acceptors (Lipinski definition) is 6. The van der Waals surface area contributed by atoms with E-state index in [0.29, 0.717) is 8.83 Å². The molecule has 0 saturated carbocycles. The molecule has 118 valence electrons. The van der Waals surface area contributed by atoms with Gasteiger partial charge in [0, 0.05) is 17.4 Å². The minimum absolute atomic E-state index is 0.0387. The number of aromatic nitrogens is 1. The highest BCUT2D eigenvalue weighted by molar-refractivity contribution is 7.73. The molecule has 0 aliphatic carbocycles. The fourth-order valence-corrected chi connectivity index (χ4v) is 3.82. The SMILES string of the molecule is COC(=O)C(C)n1c(O)c(/C=C2\C=Nc3ccccc32)sc1=S. The number of para-hydroxylation sites is 1. The molecule has 23 heavy (non-hydrogen) atoms. The molecule has 0 saturated heterocycles. The van der Waals surface area contributed by atoms with E-state index < -0.39 is 12.0 Å². The zero-order valence-corrected chi connectivity index (χ0v) is 14.1. The van der Waals surface area contributed by atoms with Crippen LogP contribution in [0.25, 0.3) is 11.6 Å². The van der Waals surface area contributed by atoms with Crippen molar-refractivity contribution in [2.45, 2.75) is 13.0 Å². The van der Waals surface area contributed by atoms with Crippen molar-refractivity contribution in [3.05, 3.63) is 38.7 Å². The molecule has 1 aliphatic heterocycles. The zero-order chi connectivity index (χ0) is 16.6. The Morgan fingerprint density at radius 3 is 2.96 bits per heavy atom. The van der Waals surface area contributed by atoms with Gasteiger partial charge in [-0.1, -0.05) is 18.2 Å². The number of aliphatic imine (C=N–C) groups is 1. The number of hydrogen-bond donors (Lipinski definition) is 1. The van der Waals surface area contributed by atoms with Crippen molar-refractivity contribution in [1.29, 1.82) is 0 Å². The summed E-state index contributed by atoms with van der Waals surface area (Å²) >= 11 is 6.51. The van der Waals surface area contributed by atoms with Crippen molar-refractivity contribution in [2.24, 2.45) is 4.99 Å². The van der Waals surface area contributed by atoms with E-state index in [2.05, 4.69) is 4.99 Å². The molecule has 2 heterocycles. The van der Waals surface area contributed by atoms with Crippen molar-refractivity contribution < 1.29 is 14.6 Å². The number of esters is 1. The summed E-state index contributed by atoms with van der Waals surface area (Å²) in [5.74, 6) is -0.496. The zero-order valence-electron chi connectivity index (χ0n) is 12.5. The summed E-state index contributed by atoms with van der Waals surface area (Å²) in [6.07, 6.45) is 3.58. The van der Waals surface area contributed by atoms with Gasteiger partial charge < -0.3 is 9.84 Å². The fraction of sp³-hybridized carbons (Fsp3) is 0.188. The third kappa shape index (κ3) is 2.73. The van der Waals surface area contributed by atoms with E-state index >= 15 is 0 Å². The van der Waals surface area contributed by atoms with Crippen LogP contribution in [-0.4, -0.2) is 29.0 Å². The lowest BCUT2D eigenvalue weighted by Gasteiger charge is -2.11. The van der Waals surface area contributed by atoms with E-state index in [0.717, 1.165) is 16.8 Å². The largest absolute Gasteiger partial charge is 0.493 e. The van der Waals surface area contributed by atoms with Crippen molar-refractivity contribution in [3.8, 4) is 5.88 Å². The number of fused-ring (bicyclic) bond motifs is 1. The molecule has 3 rings (SSSR count). The maximum absolute atomic E-state index is 11.7. The summed E-state index contributed by atoms with van der Waals surface area (Å²) in [4.78, 5) is 16.6. The van der Waals surface area contributed by atoms with Crippen LogP contribution in [0.2, 0.25) is 0 Å². The number of nitrogens with zero attached hydrogens (tertiary/aromatic N) is 2. The van der Waals surface area contributed by atoms with Gasteiger partial charge in [0.15, 0.2) is 3.95 Å². The normalized spacial score (nSPS) is 15.7. The van der Waals surface area contributed by atoms with Gasteiger partial charge in [-0.25, -0.2) is 4.79 Å². The lowest BCUT2D eigenvalue weighted by molar-refractivity contribution is -0.144. The Bertz CT molecular complexity index is 893. The summed E-state index contributed by atoms with van der Waals surface area (Å²) in [5.41, 5.74) is 2.79. The number of thiazole rings is 1. The highest BCUT2D eigenvalue weighted by atomic mass is 32.1. The molecule has 1 aromatic heterocycles. The van der Waals surface area contributed by atoms with Gasteiger partial charge >= 0.3 is 5.97 Å². The number of benzene rings is 1. The summed E-state index contributed by atoms with van der Waals surface area (Å²) in [7, 11) is 1.31. The monoisotopic (exact) mass is 346 g/mol. The Labute approximate surface area is 142 Å². The van der Waals surface area contributed by atoms with Gasteiger partial charge in [0.05, 0.1) is 17.7 Å². The highest BCUT2D eigenvalue weighted by Crippen LogP contribution is 2.36. The first-order valence-electron chi connectivity index (χ1n) is 6.90. The molecule has 1 unspecified atom stereocenters. The van der Waals surface area contributed by atoms with E-state index in [1.54, 1.807) is 13.1 Å².